The molecule has 2 aromatic rings. The predicted molar refractivity (Wildman–Crippen MR) is 109 cm³/mol. The Morgan fingerprint density at radius 1 is 0.857 bits per heavy atom. The van der Waals surface area contributed by atoms with E-state index in [1.807, 2.05) is 36.4 Å². The molecule has 5 nitrogen and oxygen atoms in total. The van der Waals surface area contributed by atoms with Gasteiger partial charge in [-0.2, -0.15) is 0 Å². The third-order valence-electron chi connectivity index (χ3n) is 5.48. The number of ketones is 1. The van der Waals surface area contributed by atoms with Gasteiger partial charge in [-0.15, -0.1) is 0 Å². The second-order valence-corrected chi connectivity index (χ2v) is 7.76. The van der Waals surface area contributed by atoms with Crippen LogP contribution in [0.2, 0.25) is 0 Å². The van der Waals surface area contributed by atoms with Crippen LogP contribution in [0, 0.1) is 0 Å². The average molecular weight is 382 g/mol. The Morgan fingerprint density at radius 3 is 1.96 bits per heavy atom. The molecule has 0 radical (unpaired) electrons. The van der Waals surface area contributed by atoms with E-state index in [-0.39, 0.29) is 11.7 Å². The minimum absolute atomic E-state index is 0.00401. The van der Waals surface area contributed by atoms with Crippen LogP contribution in [0.3, 0.4) is 0 Å². The van der Waals surface area contributed by atoms with Gasteiger partial charge in [-0.3, -0.25) is 9.59 Å². The van der Waals surface area contributed by atoms with Crippen LogP contribution in [0.15, 0.2) is 60.7 Å². The van der Waals surface area contributed by atoms with Crippen molar-refractivity contribution >= 4 is 11.7 Å². The molecule has 1 fully saturated rings. The molecule has 1 heterocycles. The molecule has 1 amide bonds. The van der Waals surface area contributed by atoms with Gasteiger partial charge in [-0.1, -0.05) is 60.7 Å². The zero-order chi connectivity index (χ0) is 19.8. The van der Waals surface area contributed by atoms with Gasteiger partial charge in [0, 0.05) is 5.56 Å². The Bertz CT molecular complexity index is 756. The lowest BCUT2D eigenvalue weighted by Crippen LogP contribution is -3.28. The maximum Gasteiger partial charge on any atom is 0.275 e. The number of Topliss-reactive ketones (excluding diaryl/α,β-unsaturated/α-hetero) is 1. The number of benzene rings is 2. The molecule has 1 atom stereocenters. The van der Waals surface area contributed by atoms with Gasteiger partial charge >= 0.3 is 0 Å². The molecule has 0 unspecified atom stereocenters. The molecule has 0 aromatic heterocycles. The molecule has 0 aliphatic carbocycles. The Hall–Kier alpha value is -2.50. The summed E-state index contributed by atoms with van der Waals surface area (Å²) in [6, 6.07) is 20.0. The van der Waals surface area contributed by atoms with Gasteiger partial charge in [0.05, 0.1) is 6.04 Å². The van der Waals surface area contributed by atoms with Crippen LogP contribution in [0.1, 0.15) is 18.1 Å². The van der Waals surface area contributed by atoms with Crippen LogP contribution in [-0.4, -0.2) is 50.5 Å². The van der Waals surface area contributed by atoms with Gasteiger partial charge in [0.1, 0.15) is 32.7 Å². The number of hydrogen-bond donors (Lipinski definition) is 3. The predicted octanol–water partition coefficient (Wildman–Crippen LogP) is -0.713. The zero-order valence-corrected chi connectivity index (χ0v) is 16.6. The molecule has 28 heavy (non-hydrogen) atoms. The monoisotopic (exact) mass is 381 g/mol. The van der Waals surface area contributed by atoms with E-state index in [0.29, 0.717) is 13.0 Å². The van der Waals surface area contributed by atoms with Gasteiger partial charge in [0.25, 0.3) is 5.91 Å². The first-order chi connectivity index (χ1) is 13.6. The van der Waals surface area contributed by atoms with Crippen LogP contribution in [0.25, 0.3) is 0 Å². The highest BCUT2D eigenvalue weighted by Gasteiger charge is 2.26. The second-order valence-electron chi connectivity index (χ2n) is 7.76. The van der Waals surface area contributed by atoms with E-state index in [1.54, 1.807) is 11.8 Å². The van der Waals surface area contributed by atoms with Crippen LogP contribution in [-0.2, 0) is 22.6 Å². The summed E-state index contributed by atoms with van der Waals surface area (Å²) in [5, 5.41) is 2.95. The fourth-order valence-corrected chi connectivity index (χ4v) is 3.81. The number of piperazine rings is 1. The number of carbonyl (C=O) groups is 2. The van der Waals surface area contributed by atoms with Crippen molar-refractivity contribution < 1.29 is 19.4 Å². The first kappa shape index (κ1) is 20.2. The first-order valence-electron chi connectivity index (χ1n) is 10.1. The molecular formula is C23H31N3O2+2. The van der Waals surface area contributed by atoms with E-state index in [9.17, 15) is 9.59 Å². The van der Waals surface area contributed by atoms with Crippen molar-refractivity contribution in [2.75, 3.05) is 32.7 Å². The molecule has 0 spiro atoms. The summed E-state index contributed by atoms with van der Waals surface area (Å²) in [5.41, 5.74) is 2.43. The summed E-state index contributed by atoms with van der Waals surface area (Å²) < 4.78 is 0. The highest BCUT2D eigenvalue weighted by atomic mass is 16.2. The summed E-state index contributed by atoms with van der Waals surface area (Å²) in [6.07, 6.45) is 0.548. The summed E-state index contributed by atoms with van der Waals surface area (Å²) in [4.78, 5) is 27.3. The smallest absolute Gasteiger partial charge is 0.275 e. The number of rotatable bonds is 8. The summed E-state index contributed by atoms with van der Waals surface area (Å²) in [7, 11) is 0. The summed E-state index contributed by atoms with van der Waals surface area (Å²) in [5.74, 6) is -0.0260. The SMILES string of the molecule is CC(=O)[C@@H](Cc1ccccc1)NC(=O)C[NH+]1CC[NH+](Cc2ccccc2)CC1. The molecule has 3 N–H and O–H groups in total. The van der Waals surface area contributed by atoms with Crippen LogP contribution in [0.5, 0.6) is 0 Å². The Kier molecular flexibility index (Phi) is 7.34. The van der Waals surface area contributed by atoms with Crippen molar-refractivity contribution in [1.82, 2.24) is 5.32 Å². The lowest BCUT2D eigenvalue weighted by Gasteiger charge is -2.29. The molecule has 1 saturated heterocycles. The number of carbonyl (C=O) groups excluding carboxylic acids is 2. The minimum atomic E-state index is -0.445. The van der Waals surface area contributed by atoms with Crippen molar-refractivity contribution in [2.24, 2.45) is 0 Å². The molecular weight excluding hydrogens is 350 g/mol. The quantitative estimate of drug-likeness (QED) is 0.566. The molecule has 3 rings (SSSR count). The lowest BCUT2D eigenvalue weighted by molar-refractivity contribution is -1.02. The van der Waals surface area contributed by atoms with E-state index in [2.05, 4.69) is 29.6 Å². The number of hydrogen-bond acceptors (Lipinski definition) is 2. The Balaban J connectivity index is 1.43. The van der Waals surface area contributed by atoms with Crippen LogP contribution < -0.4 is 15.1 Å². The third kappa shape index (κ3) is 6.29. The zero-order valence-electron chi connectivity index (χ0n) is 16.6. The van der Waals surface area contributed by atoms with Crippen molar-refractivity contribution in [1.29, 1.82) is 0 Å². The van der Waals surface area contributed by atoms with Crippen molar-refractivity contribution in [3.8, 4) is 0 Å². The van der Waals surface area contributed by atoms with Crippen molar-refractivity contribution in [2.45, 2.75) is 25.9 Å². The van der Waals surface area contributed by atoms with Crippen molar-refractivity contribution in [3.05, 3.63) is 71.8 Å². The van der Waals surface area contributed by atoms with Gasteiger partial charge < -0.3 is 15.1 Å². The van der Waals surface area contributed by atoms with Crippen LogP contribution >= 0.6 is 0 Å². The van der Waals surface area contributed by atoms with Crippen molar-refractivity contribution in [3.63, 3.8) is 0 Å². The molecule has 5 heteroatoms. The Morgan fingerprint density at radius 2 is 1.39 bits per heavy atom. The van der Waals surface area contributed by atoms with Gasteiger partial charge in [-0.25, -0.2) is 0 Å². The van der Waals surface area contributed by atoms with E-state index in [4.69, 9.17) is 0 Å². The Labute approximate surface area is 167 Å². The van der Waals surface area contributed by atoms with Gasteiger partial charge in [0.2, 0.25) is 0 Å². The topological polar surface area (TPSA) is 55.0 Å². The fraction of sp³-hybridized carbons (Fsp3) is 0.391. The normalized spacial score (nSPS) is 20.3. The second kappa shape index (κ2) is 10.2. The number of nitrogens with one attached hydrogen (secondary N) is 3. The molecule has 2 aromatic carbocycles. The van der Waals surface area contributed by atoms with Gasteiger partial charge in [0.15, 0.2) is 12.3 Å². The molecule has 0 saturated carbocycles. The highest BCUT2D eigenvalue weighted by Crippen LogP contribution is 2.04. The molecule has 148 valence electrons. The van der Waals surface area contributed by atoms with E-state index in [1.165, 1.54) is 10.5 Å². The van der Waals surface area contributed by atoms with E-state index < -0.39 is 6.04 Å². The largest absolute Gasteiger partial charge is 0.341 e. The van der Waals surface area contributed by atoms with Crippen LogP contribution in [0.4, 0.5) is 0 Å². The maximum atomic E-state index is 12.5. The summed E-state index contributed by atoms with van der Waals surface area (Å²) >= 11 is 0. The van der Waals surface area contributed by atoms with E-state index >= 15 is 0 Å². The standard InChI is InChI=1S/C23H29N3O2/c1-19(27)22(16-20-8-4-2-5-9-20)24-23(28)18-26-14-12-25(13-15-26)17-21-10-6-3-7-11-21/h2-11,22H,12-18H2,1H3,(H,24,28)/p+2/t22-/m1/s1. The highest BCUT2D eigenvalue weighted by molar-refractivity contribution is 5.88. The van der Waals surface area contributed by atoms with Gasteiger partial charge in [-0.05, 0) is 18.9 Å². The fourth-order valence-electron chi connectivity index (χ4n) is 3.81. The molecule has 1 aliphatic heterocycles. The van der Waals surface area contributed by atoms with E-state index in [0.717, 1.165) is 38.3 Å². The summed E-state index contributed by atoms with van der Waals surface area (Å²) in [6.45, 7) is 7.14. The average Bonchev–Trinajstić information content (AvgIpc) is 2.70. The third-order valence-corrected chi connectivity index (χ3v) is 5.48. The molecule has 1 aliphatic rings. The minimum Gasteiger partial charge on any atom is -0.341 e. The molecule has 0 bridgehead atoms. The number of quaternary nitrogens is 2. The first-order valence-corrected chi connectivity index (χ1v) is 10.1. The maximum absolute atomic E-state index is 12.5. The number of amides is 1. The lowest BCUT2D eigenvalue weighted by atomic mass is 10.0.